The minimum Gasteiger partial charge on any atom is -0.454 e. The van der Waals surface area contributed by atoms with Crippen LogP contribution in [0.3, 0.4) is 0 Å². The Morgan fingerprint density at radius 1 is 0.338 bits per heavy atom. The van der Waals surface area contributed by atoms with Crippen molar-refractivity contribution in [3.05, 3.63) is 192 Å². The molecule has 3 heterocycles. The molecular formula is C66H60N2O3. The Labute approximate surface area is 415 Å². The Morgan fingerprint density at radius 3 is 1.17 bits per heavy atom. The minimum absolute atomic E-state index is 0.129. The molecule has 3 aromatic heterocycles. The Morgan fingerprint density at radius 2 is 0.718 bits per heavy atom. The summed E-state index contributed by atoms with van der Waals surface area (Å²) in [5.41, 5.74) is 15.6. The number of hydrogen-bond donors (Lipinski definition) is 0. The van der Waals surface area contributed by atoms with Gasteiger partial charge in [-0.15, -0.1) is 0 Å². The second kappa shape index (κ2) is 16.4. The Bertz CT molecular complexity index is 4020. The van der Waals surface area contributed by atoms with E-state index in [4.69, 9.17) is 13.3 Å². The van der Waals surface area contributed by atoms with Crippen molar-refractivity contribution in [1.29, 1.82) is 0 Å². The molecule has 0 saturated heterocycles. The SMILES string of the molecule is CC(C)c1ccc(N(c2cccc3c2oc2c(C(C)(C)C)cccc23)c2c3ccccc3c(N(c3ccc(C(C)C)cc3)c3cccc4c3oc3c(C(C)(C)C)cccc34)c3c2oc2ccccc23)cc1. The van der Waals surface area contributed by atoms with Crippen LogP contribution in [0.25, 0.3) is 76.6 Å². The van der Waals surface area contributed by atoms with Gasteiger partial charge in [0.1, 0.15) is 16.7 Å². The van der Waals surface area contributed by atoms with E-state index in [-0.39, 0.29) is 10.8 Å². The number of para-hydroxylation sites is 5. The van der Waals surface area contributed by atoms with Crippen molar-refractivity contribution in [3.8, 4) is 0 Å². The van der Waals surface area contributed by atoms with E-state index in [9.17, 15) is 0 Å². The average Bonchev–Trinajstić information content (AvgIpc) is 4.07. The highest BCUT2D eigenvalue weighted by Crippen LogP contribution is 2.56. The highest BCUT2D eigenvalue weighted by molar-refractivity contribution is 6.29. The van der Waals surface area contributed by atoms with Gasteiger partial charge in [0, 0.05) is 60.2 Å². The summed E-state index contributed by atoms with van der Waals surface area (Å²) in [7, 11) is 0. The van der Waals surface area contributed by atoms with Crippen LogP contribution in [0.15, 0.2) is 183 Å². The van der Waals surface area contributed by atoms with Crippen molar-refractivity contribution in [3.63, 3.8) is 0 Å². The number of hydrogen-bond acceptors (Lipinski definition) is 5. The first-order valence-electron chi connectivity index (χ1n) is 25.2. The molecular weight excluding hydrogens is 869 g/mol. The summed E-state index contributed by atoms with van der Waals surface area (Å²) < 4.78 is 21.8. The van der Waals surface area contributed by atoms with Gasteiger partial charge in [0.2, 0.25) is 0 Å². The maximum absolute atomic E-state index is 7.39. The zero-order valence-corrected chi connectivity index (χ0v) is 42.4. The normalized spacial score (nSPS) is 12.6. The molecule has 5 heteroatoms. The molecule has 0 atom stereocenters. The number of anilines is 6. The van der Waals surface area contributed by atoms with Crippen LogP contribution < -0.4 is 9.80 Å². The molecule has 12 rings (SSSR count). The molecule has 0 aliphatic heterocycles. The van der Waals surface area contributed by atoms with Crippen LogP contribution in [0.4, 0.5) is 34.1 Å². The Hall–Kier alpha value is -7.76. The predicted octanol–water partition coefficient (Wildman–Crippen LogP) is 20.3. The van der Waals surface area contributed by atoms with Gasteiger partial charge < -0.3 is 23.1 Å². The first kappa shape index (κ1) is 44.4. The van der Waals surface area contributed by atoms with Crippen molar-refractivity contribution in [2.45, 2.75) is 91.9 Å². The summed E-state index contributed by atoms with van der Waals surface area (Å²) in [6.07, 6.45) is 0. The lowest BCUT2D eigenvalue weighted by molar-refractivity contribution is 0.572. The van der Waals surface area contributed by atoms with Gasteiger partial charge in [-0.25, -0.2) is 0 Å². The summed E-state index contributed by atoms with van der Waals surface area (Å²) in [6, 6.07) is 61.7. The number of rotatable bonds is 8. The van der Waals surface area contributed by atoms with Gasteiger partial charge >= 0.3 is 0 Å². The third-order valence-electron chi connectivity index (χ3n) is 14.7. The fourth-order valence-electron chi connectivity index (χ4n) is 11.0. The first-order chi connectivity index (χ1) is 34.2. The van der Waals surface area contributed by atoms with Crippen molar-refractivity contribution in [2.24, 2.45) is 0 Å². The van der Waals surface area contributed by atoms with Crippen LogP contribution in [-0.2, 0) is 10.8 Å². The van der Waals surface area contributed by atoms with Gasteiger partial charge in [-0.05, 0) is 76.3 Å². The van der Waals surface area contributed by atoms with E-state index in [2.05, 4.69) is 249 Å². The lowest BCUT2D eigenvalue weighted by atomic mass is 9.86. The van der Waals surface area contributed by atoms with Crippen LogP contribution >= 0.6 is 0 Å². The largest absolute Gasteiger partial charge is 0.454 e. The van der Waals surface area contributed by atoms with E-state index < -0.39 is 0 Å². The fraction of sp³-hybridized carbons (Fsp3) is 0.212. The highest BCUT2D eigenvalue weighted by Gasteiger charge is 2.33. The molecule has 352 valence electrons. The second-order valence-electron chi connectivity index (χ2n) is 22.1. The lowest BCUT2D eigenvalue weighted by Crippen LogP contribution is -2.14. The molecule has 0 radical (unpaired) electrons. The zero-order valence-electron chi connectivity index (χ0n) is 42.4. The van der Waals surface area contributed by atoms with Gasteiger partial charge in [0.15, 0.2) is 16.7 Å². The number of nitrogens with zero attached hydrogens (tertiary/aromatic N) is 2. The molecule has 12 aromatic rings. The van der Waals surface area contributed by atoms with Crippen molar-refractivity contribution in [2.75, 3.05) is 9.80 Å². The number of benzene rings is 9. The second-order valence-corrected chi connectivity index (χ2v) is 22.1. The smallest absolute Gasteiger partial charge is 0.162 e. The van der Waals surface area contributed by atoms with E-state index in [0.29, 0.717) is 11.8 Å². The van der Waals surface area contributed by atoms with E-state index in [0.717, 1.165) is 111 Å². The summed E-state index contributed by atoms with van der Waals surface area (Å²) in [5, 5.41) is 8.47. The molecule has 0 fully saturated rings. The van der Waals surface area contributed by atoms with Gasteiger partial charge in [-0.1, -0.05) is 197 Å². The van der Waals surface area contributed by atoms with Gasteiger partial charge in [-0.3, -0.25) is 0 Å². The first-order valence-corrected chi connectivity index (χ1v) is 25.2. The topological polar surface area (TPSA) is 45.9 Å². The standard InChI is InChI=1S/C66H60N2O3/c1-39(2)41-31-35-43(36-32-41)67(54-28-17-24-49-47-22-15-26-52(65(5,6)7)60(47)70-62(49)54)58-45-19-11-12-20-46(45)59(64-57(58)51-21-13-14-30-56(51)69-64)68(44-37-33-42(34-38-44)40(3)4)55-29-18-25-50-48-23-16-27-53(66(8,9)10)61(48)71-63(50)55/h11-40H,1-10H3. The maximum Gasteiger partial charge on any atom is 0.162 e. The monoisotopic (exact) mass is 928 g/mol. The molecule has 5 nitrogen and oxygen atoms in total. The van der Waals surface area contributed by atoms with Gasteiger partial charge in [-0.2, -0.15) is 0 Å². The summed E-state index contributed by atoms with van der Waals surface area (Å²) in [6.45, 7) is 22.5. The minimum atomic E-state index is -0.130. The zero-order chi connectivity index (χ0) is 49.1. The molecule has 71 heavy (non-hydrogen) atoms. The van der Waals surface area contributed by atoms with Crippen LogP contribution in [0.5, 0.6) is 0 Å². The molecule has 0 amide bonds. The van der Waals surface area contributed by atoms with Gasteiger partial charge in [0.05, 0.1) is 28.1 Å². The highest BCUT2D eigenvalue weighted by atomic mass is 16.3. The molecule has 0 N–H and O–H groups in total. The van der Waals surface area contributed by atoms with E-state index in [1.807, 2.05) is 0 Å². The molecule has 0 aliphatic rings. The van der Waals surface area contributed by atoms with Crippen LogP contribution in [-0.4, -0.2) is 0 Å². The molecule has 9 aromatic carbocycles. The molecule has 0 unspecified atom stereocenters. The fourth-order valence-corrected chi connectivity index (χ4v) is 11.0. The average molecular weight is 929 g/mol. The van der Waals surface area contributed by atoms with E-state index in [1.54, 1.807) is 0 Å². The van der Waals surface area contributed by atoms with Crippen LogP contribution in [0.2, 0.25) is 0 Å². The maximum atomic E-state index is 7.39. The van der Waals surface area contributed by atoms with Crippen LogP contribution in [0.1, 0.15) is 103 Å². The van der Waals surface area contributed by atoms with Crippen LogP contribution in [0, 0.1) is 0 Å². The third kappa shape index (κ3) is 7.11. The third-order valence-corrected chi connectivity index (χ3v) is 14.7. The van der Waals surface area contributed by atoms with Gasteiger partial charge in [0.25, 0.3) is 0 Å². The molecule has 0 aliphatic carbocycles. The van der Waals surface area contributed by atoms with Crippen molar-refractivity contribution >= 4 is 111 Å². The molecule has 0 saturated carbocycles. The van der Waals surface area contributed by atoms with Crippen molar-refractivity contribution < 1.29 is 13.3 Å². The number of fused-ring (bicyclic) bond motifs is 10. The predicted molar refractivity (Wildman–Crippen MR) is 301 cm³/mol. The number of furan rings is 3. The summed E-state index contributed by atoms with van der Waals surface area (Å²) in [5.74, 6) is 0.736. The summed E-state index contributed by atoms with van der Waals surface area (Å²) in [4.78, 5) is 4.82. The molecule has 0 bridgehead atoms. The lowest BCUT2D eigenvalue weighted by Gasteiger charge is -2.31. The quantitative estimate of drug-likeness (QED) is 0.142. The molecule has 0 spiro atoms. The Balaban J connectivity index is 1.23. The van der Waals surface area contributed by atoms with Crippen molar-refractivity contribution in [1.82, 2.24) is 0 Å². The van der Waals surface area contributed by atoms with E-state index in [1.165, 1.54) is 22.3 Å². The Kier molecular flexibility index (Phi) is 10.3. The summed E-state index contributed by atoms with van der Waals surface area (Å²) >= 11 is 0. The van der Waals surface area contributed by atoms with E-state index >= 15 is 0 Å².